The molecule has 0 unspecified atom stereocenters. The van der Waals surface area contributed by atoms with Gasteiger partial charge in [-0.1, -0.05) is 30.3 Å². The maximum absolute atomic E-state index is 12.5. The first-order valence-corrected chi connectivity index (χ1v) is 9.64. The Labute approximate surface area is 162 Å². The molecule has 0 radical (unpaired) electrons. The molecular formula is C22H21N3OS. The van der Waals surface area contributed by atoms with Gasteiger partial charge in [0.25, 0.3) is 5.91 Å². The molecule has 27 heavy (non-hydrogen) atoms. The molecule has 0 aliphatic heterocycles. The Morgan fingerprint density at radius 3 is 2.56 bits per heavy atom. The number of thiophene rings is 1. The number of anilines is 1. The lowest BCUT2D eigenvalue weighted by molar-refractivity contribution is 0.0955. The molecule has 0 spiro atoms. The van der Waals surface area contributed by atoms with Gasteiger partial charge in [-0.2, -0.15) is 0 Å². The number of amides is 1. The summed E-state index contributed by atoms with van der Waals surface area (Å²) >= 11 is 1.50. The normalized spacial score (nSPS) is 10.9. The number of carbonyl (C=O) groups is 1. The second-order valence-electron chi connectivity index (χ2n) is 6.63. The number of nitrogens with zero attached hydrogens (tertiary/aromatic N) is 2. The Bertz CT molecular complexity index is 1080. The lowest BCUT2D eigenvalue weighted by atomic mass is 10.2. The quantitative estimate of drug-likeness (QED) is 0.549. The summed E-state index contributed by atoms with van der Waals surface area (Å²) in [5.74, 6) is -0.0422. The van der Waals surface area contributed by atoms with E-state index in [2.05, 4.69) is 45.1 Å². The van der Waals surface area contributed by atoms with Gasteiger partial charge in [0.1, 0.15) is 5.00 Å². The zero-order chi connectivity index (χ0) is 18.8. The van der Waals surface area contributed by atoms with E-state index in [0.29, 0.717) is 11.4 Å². The molecule has 4 rings (SSSR count). The van der Waals surface area contributed by atoms with Crippen molar-refractivity contribution in [2.45, 2.75) is 6.54 Å². The summed E-state index contributed by atoms with van der Waals surface area (Å²) in [4.78, 5) is 15.3. The van der Waals surface area contributed by atoms with E-state index in [1.54, 1.807) is 0 Å². The summed E-state index contributed by atoms with van der Waals surface area (Å²) in [6.07, 6.45) is 2.05. The molecule has 0 aliphatic rings. The molecule has 2 aromatic heterocycles. The van der Waals surface area contributed by atoms with Crippen LogP contribution in [0.5, 0.6) is 0 Å². The zero-order valence-electron chi connectivity index (χ0n) is 15.3. The predicted molar refractivity (Wildman–Crippen MR) is 113 cm³/mol. The number of benzene rings is 2. The number of nitrogens with one attached hydrogen (secondary N) is 1. The summed E-state index contributed by atoms with van der Waals surface area (Å²) in [6.45, 7) is 0.520. The number of para-hydroxylation sites is 1. The van der Waals surface area contributed by atoms with Gasteiger partial charge in [0.05, 0.1) is 10.4 Å². The molecule has 4 aromatic rings. The first-order chi connectivity index (χ1) is 13.1. The Morgan fingerprint density at radius 1 is 1.00 bits per heavy atom. The van der Waals surface area contributed by atoms with Crippen LogP contribution in [0.3, 0.4) is 0 Å². The lowest BCUT2D eigenvalue weighted by Crippen LogP contribution is -2.21. The zero-order valence-corrected chi connectivity index (χ0v) is 16.2. The minimum absolute atomic E-state index is 0.0422. The van der Waals surface area contributed by atoms with Crippen LogP contribution in [0.15, 0.2) is 72.9 Å². The number of aromatic nitrogens is 1. The van der Waals surface area contributed by atoms with Crippen LogP contribution in [-0.4, -0.2) is 24.6 Å². The van der Waals surface area contributed by atoms with E-state index in [0.717, 1.165) is 21.8 Å². The molecule has 2 aromatic carbocycles. The molecule has 1 amide bonds. The van der Waals surface area contributed by atoms with Gasteiger partial charge in [-0.15, -0.1) is 11.3 Å². The second-order valence-corrected chi connectivity index (χ2v) is 7.69. The highest BCUT2D eigenvalue weighted by Crippen LogP contribution is 2.26. The average Bonchev–Trinajstić information content (AvgIpc) is 3.33. The van der Waals surface area contributed by atoms with Crippen LogP contribution in [0.25, 0.3) is 15.9 Å². The van der Waals surface area contributed by atoms with Gasteiger partial charge in [0.15, 0.2) is 0 Å². The number of fused-ring (bicyclic) bond motifs is 1. The van der Waals surface area contributed by atoms with Crippen molar-refractivity contribution in [3.8, 4) is 5.00 Å². The van der Waals surface area contributed by atoms with Crippen molar-refractivity contribution in [2.75, 3.05) is 19.0 Å². The first kappa shape index (κ1) is 17.4. The van der Waals surface area contributed by atoms with Gasteiger partial charge in [0.2, 0.25) is 0 Å². The number of hydrogen-bond donors (Lipinski definition) is 1. The van der Waals surface area contributed by atoms with Gasteiger partial charge in [0, 0.05) is 32.5 Å². The van der Waals surface area contributed by atoms with Gasteiger partial charge in [-0.3, -0.25) is 4.79 Å². The van der Waals surface area contributed by atoms with E-state index in [-0.39, 0.29) is 5.91 Å². The second kappa shape index (κ2) is 7.29. The van der Waals surface area contributed by atoms with E-state index in [4.69, 9.17) is 0 Å². The molecule has 0 fully saturated rings. The average molecular weight is 375 g/mol. The van der Waals surface area contributed by atoms with Gasteiger partial charge < -0.3 is 14.8 Å². The summed E-state index contributed by atoms with van der Waals surface area (Å²) in [6, 6.07) is 22.4. The van der Waals surface area contributed by atoms with Crippen molar-refractivity contribution in [3.63, 3.8) is 0 Å². The topological polar surface area (TPSA) is 37.3 Å². The fraction of sp³-hybridized carbons (Fsp3) is 0.136. The van der Waals surface area contributed by atoms with Crippen molar-refractivity contribution in [1.82, 2.24) is 9.88 Å². The Hall–Kier alpha value is -3.05. The number of carbonyl (C=O) groups excluding carboxylic acids is 1. The van der Waals surface area contributed by atoms with Crippen LogP contribution >= 0.6 is 11.3 Å². The van der Waals surface area contributed by atoms with Crippen molar-refractivity contribution in [3.05, 3.63) is 83.4 Å². The van der Waals surface area contributed by atoms with Crippen molar-refractivity contribution >= 4 is 33.8 Å². The summed E-state index contributed by atoms with van der Waals surface area (Å²) in [5.41, 5.74) is 3.38. The van der Waals surface area contributed by atoms with Crippen LogP contribution in [0.4, 0.5) is 5.69 Å². The third kappa shape index (κ3) is 3.59. The van der Waals surface area contributed by atoms with Gasteiger partial charge in [-0.25, -0.2) is 0 Å². The molecule has 2 heterocycles. The van der Waals surface area contributed by atoms with Gasteiger partial charge >= 0.3 is 0 Å². The third-order valence-corrected chi connectivity index (χ3v) is 5.64. The molecule has 0 aliphatic carbocycles. The lowest BCUT2D eigenvalue weighted by Gasteiger charge is -2.12. The van der Waals surface area contributed by atoms with Crippen LogP contribution < -0.4 is 10.2 Å². The third-order valence-electron chi connectivity index (χ3n) is 4.56. The van der Waals surface area contributed by atoms with E-state index >= 15 is 0 Å². The minimum Gasteiger partial charge on any atom is -0.378 e. The maximum Gasteiger partial charge on any atom is 0.261 e. The van der Waals surface area contributed by atoms with E-state index in [1.165, 1.54) is 16.7 Å². The highest BCUT2D eigenvalue weighted by Gasteiger charge is 2.11. The standard InChI is InChI=1S/C22H21N3OS/c1-24(2)18-9-7-16(8-10-18)15-23-22(26)20-11-12-21(27-20)25-14-13-17-5-3-4-6-19(17)25/h3-14H,15H2,1-2H3,(H,23,26). The molecule has 0 atom stereocenters. The largest absolute Gasteiger partial charge is 0.378 e. The Balaban J connectivity index is 1.46. The van der Waals surface area contributed by atoms with E-state index < -0.39 is 0 Å². The maximum atomic E-state index is 12.5. The van der Waals surface area contributed by atoms with Gasteiger partial charge in [-0.05, 0) is 47.3 Å². The monoisotopic (exact) mass is 375 g/mol. The first-order valence-electron chi connectivity index (χ1n) is 8.82. The summed E-state index contributed by atoms with van der Waals surface area (Å²) in [7, 11) is 4.03. The van der Waals surface area contributed by atoms with Crippen molar-refractivity contribution in [2.24, 2.45) is 0 Å². The molecule has 0 bridgehead atoms. The predicted octanol–water partition coefficient (Wildman–Crippen LogP) is 4.69. The SMILES string of the molecule is CN(C)c1ccc(CNC(=O)c2ccc(-n3ccc4ccccc43)s2)cc1. The number of hydrogen-bond acceptors (Lipinski definition) is 3. The van der Waals surface area contributed by atoms with Crippen LogP contribution in [0.1, 0.15) is 15.2 Å². The van der Waals surface area contributed by atoms with Crippen LogP contribution in [0, 0.1) is 0 Å². The molecule has 0 saturated carbocycles. The highest BCUT2D eigenvalue weighted by atomic mass is 32.1. The smallest absolute Gasteiger partial charge is 0.261 e. The molecule has 0 saturated heterocycles. The molecule has 136 valence electrons. The molecule has 5 heteroatoms. The van der Waals surface area contributed by atoms with Crippen molar-refractivity contribution in [1.29, 1.82) is 0 Å². The van der Waals surface area contributed by atoms with Crippen LogP contribution in [-0.2, 0) is 6.54 Å². The summed E-state index contributed by atoms with van der Waals surface area (Å²) < 4.78 is 2.12. The van der Waals surface area contributed by atoms with Crippen LogP contribution in [0.2, 0.25) is 0 Å². The van der Waals surface area contributed by atoms with E-state index in [9.17, 15) is 4.79 Å². The minimum atomic E-state index is -0.0422. The highest BCUT2D eigenvalue weighted by molar-refractivity contribution is 7.16. The molecule has 4 nitrogen and oxygen atoms in total. The molecule has 1 N–H and O–H groups in total. The fourth-order valence-corrected chi connectivity index (χ4v) is 3.96. The van der Waals surface area contributed by atoms with E-state index in [1.807, 2.05) is 56.7 Å². The summed E-state index contributed by atoms with van der Waals surface area (Å²) in [5, 5.41) is 5.24. The molecular weight excluding hydrogens is 354 g/mol. The number of rotatable bonds is 5. The fourth-order valence-electron chi connectivity index (χ4n) is 3.04. The van der Waals surface area contributed by atoms with Crippen molar-refractivity contribution < 1.29 is 4.79 Å². The Morgan fingerprint density at radius 2 is 1.78 bits per heavy atom. The Kier molecular flexibility index (Phi) is 4.69.